The van der Waals surface area contributed by atoms with Crippen LogP contribution in [0, 0.1) is 0 Å². The highest BCUT2D eigenvalue weighted by Gasteiger charge is 2.08. The lowest BCUT2D eigenvalue weighted by molar-refractivity contribution is -0.123. The molecule has 0 bridgehead atoms. The van der Waals surface area contributed by atoms with Crippen molar-refractivity contribution >= 4 is 17.5 Å². The second-order valence-electron chi connectivity index (χ2n) is 5.48. The van der Waals surface area contributed by atoms with Crippen LogP contribution in [-0.2, 0) is 9.59 Å². The average Bonchev–Trinajstić information content (AvgIpc) is 2.67. The van der Waals surface area contributed by atoms with E-state index in [0.717, 1.165) is 0 Å². The van der Waals surface area contributed by atoms with Crippen molar-refractivity contribution in [2.45, 2.75) is 13.8 Å². The molecule has 0 aliphatic carbocycles. The van der Waals surface area contributed by atoms with Gasteiger partial charge in [0.05, 0.1) is 6.61 Å². The molecule has 2 amide bonds. The standard InChI is InChI=1S/C20H24N2O5/c1-3-21-19(23)13-26-16-11-9-15(10-12-16)22-20(24)14-27-18-8-6-5-7-17(18)25-4-2/h5-12H,3-4,13-14H2,1-2H3,(H,21,23)(H,22,24). The molecule has 27 heavy (non-hydrogen) atoms. The van der Waals surface area contributed by atoms with E-state index in [9.17, 15) is 9.59 Å². The normalized spacial score (nSPS) is 10.0. The molecule has 7 nitrogen and oxygen atoms in total. The number of para-hydroxylation sites is 2. The summed E-state index contributed by atoms with van der Waals surface area (Å²) < 4.78 is 16.3. The van der Waals surface area contributed by atoms with E-state index in [1.54, 1.807) is 36.4 Å². The second kappa shape index (κ2) is 10.7. The highest BCUT2D eigenvalue weighted by molar-refractivity contribution is 5.91. The first-order valence-corrected chi connectivity index (χ1v) is 8.76. The number of rotatable bonds is 10. The molecule has 2 aromatic carbocycles. The summed E-state index contributed by atoms with van der Waals surface area (Å²) in [5.41, 5.74) is 0.604. The van der Waals surface area contributed by atoms with Crippen LogP contribution in [0.2, 0.25) is 0 Å². The summed E-state index contributed by atoms with van der Waals surface area (Å²) in [5, 5.41) is 5.39. The van der Waals surface area contributed by atoms with Gasteiger partial charge in [-0.05, 0) is 50.2 Å². The molecule has 7 heteroatoms. The maximum Gasteiger partial charge on any atom is 0.262 e. The predicted molar refractivity (Wildman–Crippen MR) is 102 cm³/mol. The number of hydrogen-bond acceptors (Lipinski definition) is 5. The van der Waals surface area contributed by atoms with Crippen LogP contribution in [0.3, 0.4) is 0 Å². The van der Waals surface area contributed by atoms with Gasteiger partial charge in [0.25, 0.3) is 11.8 Å². The van der Waals surface area contributed by atoms with E-state index in [-0.39, 0.29) is 25.0 Å². The van der Waals surface area contributed by atoms with E-state index in [0.29, 0.717) is 36.1 Å². The first-order chi connectivity index (χ1) is 13.1. The summed E-state index contributed by atoms with van der Waals surface area (Å²) in [7, 11) is 0. The number of hydrogen-bond donors (Lipinski definition) is 2. The molecule has 0 aliphatic heterocycles. The predicted octanol–water partition coefficient (Wildman–Crippen LogP) is 2.62. The van der Waals surface area contributed by atoms with Crippen molar-refractivity contribution in [2.24, 2.45) is 0 Å². The number of nitrogens with one attached hydrogen (secondary N) is 2. The molecular weight excluding hydrogens is 348 g/mol. The largest absolute Gasteiger partial charge is 0.490 e. The fourth-order valence-corrected chi connectivity index (χ4v) is 2.22. The Hall–Kier alpha value is -3.22. The van der Waals surface area contributed by atoms with Crippen LogP contribution in [0.5, 0.6) is 17.2 Å². The lowest BCUT2D eigenvalue weighted by atomic mass is 10.3. The Morgan fingerprint density at radius 2 is 1.44 bits per heavy atom. The monoisotopic (exact) mass is 372 g/mol. The summed E-state index contributed by atoms with van der Waals surface area (Å²) in [5.74, 6) is 1.18. The Kier molecular flexibility index (Phi) is 7.96. The number of anilines is 1. The maximum absolute atomic E-state index is 12.1. The van der Waals surface area contributed by atoms with Crippen LogP contribution in [0.25, 0.3) is 0 Å². The van der Waals surface area contributed by atoms with E-state index in [1.807, 2.05) is 26.0 Å². The van der Waals surface area contributed by atoms with E-state index in [2.05, 4.69) is 10.6 Å². The van der Waals surface area contributed by atoms with Crippen LogP contribution in [0.1, 0.15) is 13.8 Å². The van der Waals surface area contributed by atoms with Gasteiger partial charge >= 0.3 is 0 Å². The molecule has 2 rings (SSSR count). The van der Waals surface area contributed by atoms with Gasteiger partial charge in [0.15, 0.2) is 24.7 Å². The molecule has 0 spiro atoms. The van der Waals surface area contributed by atoms with Gasteiger partial charge in [0.2, 0.25) is 0 Å². The van der Waals surface area contributed by atoms with Crippen LogP contribution in [0.15, 0.2) is 48.5 Å². The first-order valence-electron chi connectivity index (χ1n) is 8.76. The Morgan fingerprint density at radius 1 is 0.815 bits per heavy atom. The van der Waals surface area contributed by atoms with Gasteiger partial charge < -0.3 is 24.8 Å². The summed E-state index contributed by atoms with van der Waals surface area (Å²) >= 11 is 0. The van der Waals surface area contributed by atoms with Gasteiger partial charge in [-0.3, -0.25) is 9.59 Å². The SMILES string of the molecule is CCNC(=O)COc1ccc(NC(=O)COc2ccccc2OCC)cc1. The van der Waals surface area contributed by atoms with Gasteiger partial charge in [0.1, 0.15) is 5.75 Å². The van der Waals surface area contributed by atoms with Crippen molar-refractivity contribution < 1.29 is 23.8 Å². The van der Waals surface area contributed by atoms with E-state index < -0.39 is 0 Å². The third-order valence-electron chi connectivity index (χ3n) is 3.39. The van der Waals surface area contributed by atoms with Crippen molar-refractivity contribution in [3.63, 3.8) is 0 Å². The minimum Gasteiger partial charge on any atom is -0.490 e. The third-order valence-corrected chi connectivity index (χ3v) is 3.39. The molecule has 0 radical (unpaired) electrons. The average molecular weight is 372 g/mol. The zero-order valence-corrected chi connectivity index (χ0v) is 15.5. The number of benzene rings is 2. The van der Waals surface area contributed by atoms with Crippen molar-refractivity contribution in [2.75, 3.05) is 31.7 Å². The van der Waals surface area contributed by atoms with Crippen LogP contribution >= 0.6 is 0 Å². The maximum atomic E-state index is 12.1. The van der Waals surface area contributed by atoms with Gasteiger partial charge in [-0.1, -0.05) is 12.1 Å². The van der Waals surface area contributed by atoms with Gasteiger partial charge in [-0.2, -0.15) is 0 Å². The van der Waals surface area contributed by atoms with Gasteiger partial charge in [0, 0.05) is 12.2 Å². The Balaban J connectivity index is 1.81. The van der Waals surface area contributed by atoms with E-state index in [4.69, 9.17) is 14.2 Å². The van der Waals surface area contributed by atoms with Crippen LogP contribution < -0.4 is 24.8 Å². The van der Waals surface area contributed by atoms with Gasteiger partial charge in [-0.25, -0.2) is 0 Å². The lowest BCUT2D eigenvalue weighted by Crippen LogP contribution is -2.28. The number of ether oxygens (including phenoxy) is 3. The molecule has 0 heterocycles. The zero-order valence-electron chi connectivity index (χ0n) is 15.5. The van der Waals surface area contributed by atoms with E-state index in [1.165, 1.54) is 0 Å². The number of amides is 2. The molecule has 144 valence electrons. The Morgan fingerprint density at radius 3 is 2.07 bits per heavy atom. The highest BCUT2D eigenvalue weighted by atomic mass is 16.5. The summed E-state index contributed by atoms with van der Waals surface area (Å²) in [6.07, 6.45) is 0. The molecule has 0 saturated carbocycles. The van der Waals surface area contributed by atoms with E-state index >= 15 is 0 Å². The molecule has 0 aliphatic rings. The molecule has 2 aromatic rings. The number of likely N-dealkylation sites (N-methyl/N-ethyl adjacent to an activating group) is 1. The number of carbonyl (C=O) groups is 2. The second-order valence-corrected chi connectivity index (χ2v) is 5.48. The van der Waals surface area contributed by atoms with Crippen molar-refractivity contribution in [3.05, 3.63) is 48.5 Å². The fraction of sp³-hybridized carbons (Fsp3) is 0.300. The third kappa shape index (κ3) is 6.89. The number of carbonyl (C=O) groups excluding carboxylic acids is 2. The minimum atomic E-state index is -0.294. The van der Waals surface area contributed by atoms with Crippen molar-refractivity contribution in [1.82, 2.24) is 5.32 Å². The molecule has 0 atom stereocenters. The molecule has 2 N–H and O–H groups in total. The Labute approximate surface area is 158 Å². The smallest absolute Gasteiger partial charge is 0.262 e. The quantitative estimate of drug-likeness (QED) is 0.670. The van der Waals surface area contributed by atoms with Crippen molar-refractivity contribution in [1.29, 1.82) is 0 Å². The summed E-state index contributed by atoms with van der Waals surface area (Å²) in [4.78, 5) is 23.4. The Bertz CT molecular complexity index is 746. The molecule has 0 aromatic heterocycles. The summed E-state index contributed by atoms with van der Waals surface area (Å²) in [6, 6.07) is 13.9. The summed E-state index contributed by atoms with van der Waals surface area (Å²) in [6.45, 7) is 4.61. The van der Waals surface area contributed by atoms with Crippen molar-refractivity contribution in [3.8, 4) is 17.2 Å². The topological polar surface area (TPSA) is 85.9 Å². The molecule has 0 fully saturated rings. The van der Waals surface area contributed by atoms with Crippen LogP contribution in [-0.4, -0.2) is 38.2 Å². The van der Waals surface area contributed by atoms with Gasteiger partial charge in [-0.15, -0.1) is 0 Å². The molecule has 0 saturated heterocycles. The first kappa shape index (κ1) is 20.1. The molecular formula is C20H24N2O5. The highest BCUT2D eigenvalue weighted by Crippen LogP contribution is 2.26. The zero-order chi connectivity index (χ0) is 19.5. The molecule has 0 unspecified atom stereocenters. The lowest BCUT2D eigenvalue weighted by Gasteiger charge is -2.12. The van der Waals surface area contributed by atoms with Crippen LogP contribution in [0.4, 0.5) is 5.69 Å². The minimum absolute atomic E-state index is 0.0490. The fourth-order valence-electron chi connectivity index (χ4n) is 2.22.